The molecule has 0 N–H and O–H groups in total. The van der Waals surface area contributed by atoms with Crippen molar-refractivity contribution in [2.75, 3.05) is 0 Å². The van der Waals surface area contributed by atoms with Gasteiger partial charge in [0.1, 0.15) is 0 Å². The highest BCUT2D eigenvalue weighted by Gasteiger charge is 2.67. The molecule has 4 aliphatic rings. The van der Waals surface area contributed by atoms with Crippen LogP contribution in [0.3, 0.4) is 0 Å². The molecule has 4 fully saturated rings. The Bertz CT molecular complexity index is 544. The van der Waals surface area contributed by atoms with Gasteiger partial charge in [-0.2, -0.15) is 0 Å². The van der Waals surface area contributed by atoms with Crippen LogP contribution in [-0.4, -0.2) is 18.8 Å². The van der Waals surface area contributed by atoms with Crippen LogP contribution in [0.2, 0.25) is 0 Å². The lowest BCUT2D eigenvalue weighted by Crippen LogP contribution is -2.65. The monoisotopic (exact) mass is 334 g/mol. The lowest BCUT2D eigenvalue weighted by Gasteiger charge is -2.64. The standard InChI is InChI=1S/C16H20BBrO2/c1-15(2)10-8-13(15)16(3)14(9-10)19-17(20-16)11-4-6-12(18)7-5-11/h4-7,10,13-14H,8-9H2,1-3H3/t10-,13-,14?,16-/m0/s1. The normalized spacial score (nSPS) is 41.2. The van der Waals surface area contributed by atoms with Gasteiger partial charge >= 0.3 is 7.12 Å². The van der Waals surface area contributed by atoms with Gasteiger partial charge in [-0.05, 0) is 54.6 Å². The predicted molar refractivity (Wildman–Crippen MR) is 83.9 cm³/mol. The lowest BCUT2D eigenvalue weighted by atomic mass is 9.43. The molecule has 106 valence electrons. The number of hydrogen-bond acceptors (Lipinski definition) is 2. The summed E-state index contributed by atoms with van der Waals surface area (Å²) in [7, 11) is -0.201. The maximum Gasteiger partial charge on any atom is 0.494 e. The first-order valence-corrected chi connectivity index (χ1v) is 8.29. The van der Waals surface area contributed by atoms with Crippen molar-refractivity contribution in [3.63, 3.8) is 0 Å². The van der Waals surface area contributed by atoms with E-state index in [4.69, 9.17) is 9.31 Å². The van der Waals surface area contributed by atoms with Crippen molar-refractivity contribution in [2.24, 2.45) is 17.3 Å². The molecule has 3 aliphatic carbocycles. The highest BCUT2D eigenvalue weighted by molar-refractivity contribution is 9.10. The molecule has 0 aromatic heterocycles. The van der Waals surface area contributed by atoms with Crippen LogP contribution >= 0.6 is 15.9 Å². The van der Waals surface area contributed by atoms with Crippen molar-refractivity contribution in [1.29, 1.82) is 0 Å². The summed E-state index contributed by atoms with van der Waals surface area (Å²) >= 11 is 3.48. The molecule has 1 unspecified atom stereocenters. The number of halogens is 1. The Morgan fingerprint density at radius 1 is 1.15 bits per heavy atom. The van der Waals surface area contributed by atoms with Gasteiger partial charge in [0.15, 0.2) is 0 Å². The van der Waals surface area contributed by atoms with Crippen LogP contribution in [0.4, 0.5) is 0 Å². The summed E-state index contributed by atoms with van der Waals surface area (Å²) in [6, 6.07) is 8.28. The second-order valence-corrected chi connectivity index (χ2v) is 8.27. The minimum absolute atomic E-state index is 0.115. The smallest absolute Gasteiger partial charge is 0.402 e. The third-order valence-corrected chi connectivity index (χ3v) is 6.62. The van der Waals surface area contributed by atoms with Crippen LogP contribution in [0.25, 0.3) is 0 Å². The first kappa shape index (κ1) is 13.4. The van der Waals surface area contributed by atoms with Crippen LogP contribution in [0, 0.1) is 17.3 Å². The Balaban J connectivity index is 1.62. The van der Waals surface area contributed by atoms with E-state index in [1.165, 1.54) is 6.42 Å². The topological polar surface area (TPSA) is 18.5 Å². The minimum Gasteiger partial charge on any atom is -0.402 e. The molecule has 1 heterocycles. The molecule has 1 saturated heterocycles. The Labute approximate surface area is 129 Å². The molecule has 1 aliphatic heterocycles. The second-order valence-electron chi connectivity index (χ2n) is 7.35. The average Bonchev–Trinajstić information content (AvgIpc) is 2.76. The van der Waals surface area contributed by atoms with E-state index >= 15 is 0 Å². The number of rotatable bonds is 1. The largest absolute Gasteiger partial charge is 0.494 e. The van der Waals surface area contributed by atoms with E-state index in [0.29, 0.717) is 11.3 Å². The van der Waals surface area contributed by atoms with E-state index in [1.807, 2.05) is 0 Å². The fraction of sp³-hybridized carbons (Fsp3) is 0.625. The summed E-state index contributed by atoms with van der Waals surface area (Å²) in [5.74, 6) is 1.43. The van der Waals surface area contributed by atoms with Gasteiger partial charge in [0, 0.05) is 4.47 Å². The molecule has 2 bridgehead atoms. The van der Waals surface area contributed by atoms with Crippen molar-refractivity contribution in [1.82, 2.24) is 0 Å². The van der Waals surface area contributed by atoms with Gasteiger partial charge in [-0.3, -0.25) is 0 Å². The van der Waals surface area contributed by atoms with Crippen LogP contribution < -0.4 is 5.46 Å². The van der Waals surface area contributed by atoms with Gasteiger partial charge in [0.25, 0.3) is 0 Å². The van der Waals surface area contributed by atoms with Gasteiger partial charge in [0.2, 0.25) is 0 Å². The molecule has 4 heteroatoms. The van der Waals surface area contributed by atoms with Crippen molar-refractivity contribution in [2.45, 2.75) is 45.3 Å². The molecule has 3 saturated carbocycles. The van der Waals surface area contributed by atoms with E-state index in [-0.39, 0.29) is 18.8 Å². The van der Waals surface area contributed by atoms with Gasteiger partial charge in [0.05, 0.1) is 11.7 Å². The fourth-order valence-electron chi connectivity index (χ4n) is 4.63. The van der Waals surface area contributed by atoms with E-state index in [9.17, 15) is 0 Å². The predicted octanol–water partition coefficient (Wildman–Crippen LogP) is 3.38. The lowest BCUT2D eigenvalue weighted by molar-refractivity contribution is -0.199. The van der Waals surface area contributed by atoms with E-state index < -0.39 is 0 Å². The van der Waals surface area contributed by atoms with Crippen LogP contribution in [-0.2, 0) is 9.31 Å². The Morgan fingerprint density at radius 3 is 2.50 bits per heavy atom. The highest BCUT2D eigenvalue weighted by atomic mass is 79.9. The fourth-order valence-corrected chi connectivity index (χ4v) is 4.89. The zero-order valence-electron chi connectivity index (χ0n) is 12.2. The summed E-state index contributed by atoms with van der Waals surface area (Å²) in [6.07, 6.45) is 2.71. The molecule has 2 nitrogen and oxygen atoms in total. The summed E-state index contributed by atoms with van der Waals surface area (Å²) in [5, 5.41) is 0. The SMILES string of the molecule is CC1(C)[C@@H]2CC3OB(c4ccc(Br)cc4)O[C@@]3(C)[C@H]1C2. The summed E-state index contributed by atoms with van der Waals surface area (Å²) in [6.45, 7) is 7.05. The van der Waals surface area contributed by atoms with Crippen molar-refractivity contribution >= 4 is 28.5 Å². The van der Waals surface area contributed by atoms with Gasteiger partial charge < -0.3 is 9.31 Å². The van der Waals surface area contributed by atoms with Crippen LogP contribution in [0.1, 0.15) is 33.6 Å². The van der Waals surface area contributed by atoms with Crippen molar-refractivity contribution in [3.05, 3.63) is 28.7 Å². The average molecular weight is 335 g/mol. The molecule has 0 amide bonds. The van der Waals surface area contributed by atoms with Gasteiger partial charge in [-0.25, -0.2) is 0 Å². The zero-order chi connectivity index (χ0) is 14.1. The molecule has 0 spiro atoms. The van der Waals surface area contributed by atoms with Gasteiger partial charge in [-0.15, -0.1) is 0 Å². The maximum atomic E-state index is 6.43. The third-order valence-electron chi connectivity index (χ3n) is 6.09. The Hall–Kier alpha value is -0.315. The molecule has 1 aromatic rings. The molecule has 20 heavy (non-hydrogen) atoms. The highest BCUT2D eigenvalue weighted by Crippen LogP contribution is 2.65. The van der Waals surface area contributed by atoms with E-state index in [0.717, 1.165) is 22.3 Å². The summed E-state index contributed by atoms with van der Waals surface area (Å²) < 4.78 is 13.8. The number of benzene rings is 1. The molecule has 1 aromatic carbocycles. The van der Waals surface area contributed by atoms with Crippen molar-refractivity contribution in [3.8, 4) is 0 Å². The molecule has 5 rings (SSSR count). The molecular weight excluding hydrogens is 315 g/mol. The molecular formula is C16H20BBrO2. The zero-order valence-corrected chi connectivity index (χ0v) is 13.8. The molecule has 4 atom stereocenters. The minimum atomic E-state index is -0.201. The third kappa shape index (κ3) is 1.65. The second kappa shape index (κ2) is 4.11. The summed E-state index contributed by atoms with van der Waals surface area (Å²) in [4.78, 5) is 0. The Morgan fingerprint density at radius 2 is 1.85 bits per heavy atom. The van der Waals surface area contributed by atoms with Crippen LogP contribution in [0.5, 0.6) is 0 Å². The van der Waals surface area contributed by atoms with Gasteiger partial charge in [-0.1, -0.05) is 41.9 Å². The first-order valence-electron chi connectivity index (χ1n) is 7.50. The maximum absolute atomic E-state index is 6.43. The van der Waals surface area contributed by atoms with Crippen LogP contribution in [0.15, 0.2) is 28.7 Å². The Kier molecular flexibility index (Phi) is 2.75. The molecule has 0 radical (unpaired) electrons. The van der Waals surface area contributed by atoms with Crippen molar-refractivity contribution < 1.29 is 9.31 Å². The quantitative estimate of drug-likeness (QED) is 0.733. The first-order chi connectivity index (χ1) is 9.41. The van der Waals surface area contributed by atoms with E-state index in [2.05, 4.69) is 61.0 Å². The summed E-state index contributed by atoms with van der Waals surface area (Å²) in [5.41, 5.74) is 1.41. The number of hydrogen-bond donors (Lipinski definition) is 0. The van der Waals surface area contributed by atoms with E-state index in [1.54, 1.807) is 0 Å².